The van der Waals surface area contributed by atoms with Crippen LogP contribution in [0.4, 0.5) is 0 Å². The summed E-state index contributed by atoms with van der Waals surface area (Å²) < 4.78 is 0. The van der Waals surface area contributed by atoms with Crippen LogP contribution in [-0.2, 0) is 0 Å². The number of guanidine groups is 1. The summed E-state index contributed by atoms with van der Waals surface area (Å²) in [4.78, 5) is 4.83. The van der Waals surface area contributed by atoms with Gasteiger partial charge < -0.3 is 16.6 Å². The number of rotatable bonds is 4. The molecular formula is C9H12BrN3OS. The number of hydrogen-bond donors (Lipinski definition) is 3. The summed E-state index contributed by atoms with van der Waals surface area (Å²) in [6.45, 7) is 0.184. The standard InChI is InChI=1S/C9H12BrN3OS/c10-15-7-3-1-6(2-4-7)8(14)5-13-9(11)12/h1-4,8,14H,5H2,(H4,11,12,13)/t8-/m0/s1. The molecule has 0 aliphatic rings. The molecular weight excluding hydrogens is 278 g/mol. The van der Waals surface area contributed by atoms with Crippen molar-refractivity contribution < 1.29 is 5.11 Å². The molecule has 1 aromatic carbocycles. The molecule has 15 heavy (non-hydrogen) atoms. The summed E-state index contributed by atoms with van der Waals surface area (Å²) in [5.74, 6) is -0.0123. The summed E-state index contributed by atoms with van der Waals surface area (Å²) >= 11 is 3.27. The molecule has 1 rings (SSSR count). The van der Waals surface area contributed by atoms with E-state index in [9.17, 15) is 5.11 Å². The molecule has 0 aromatic heterocycles. The normalized spacial score (nSPS) is 12.1. The van der Waals surface area contributed by atoms with E-state index in [-0.39, 0.29) is 12.5 Å². The van der Waals surface area contributed by atoms with Gasteiger partial charge in [-0.05, 0) is 42.7 Å². The van der Waals surface area contributed by atoms with Crippen molar-refractivity contribution >= 4 is 31.0 Å². The lowest BCUT2D eigenvalue weighted by Crippen LogP contribution is -2.23. The number of nitrogens with zero attached hydrogens (tertiary/aromatic N) is 1. The first-order valence-corrected chi connectivity index (χ1v) is 6.91. The molecule has 0 unspecified atom stereocenters. The fourth-order valence-corrected chi connectivity index (χ4v) is 1.93. The SMILES string of the molecule is NC(N)=NC[C@H](O)c1ccc(SBr)cc1. The number of nitrogens with two attached hydrogens (primary N) is 2. The first kappa shape index (κ1) is 12.4. The Labute approximate surface area is 100.0 Å². The molecule has 1 aromatic rings. The minimum atomic E-state index is -0.665. The van der Waals surface area contributed by atoms with Crippen LogP contribution in [0, 0.1) is 0 Å². The molecule has 1 atom stereocenters. The van der Waals surface area contributed by atoms with Crippen molar-refractivity contribution in [2.45, 2.75) is 11.0 Å². The Bertz CT molecular complexity index is 338. The average Bonchev–Trinajstić information content (AvgIpc) is 2.26. The van der Waals surface area contributed by atoms with Crippen molar-refractivity contribution in [3.8, 4) is 0 Å². The zero-order valence-corrected chi connectivity index (χ0v) is 10.3. The molecule has 0 aliphatic carbocycles. The highest BCUT2D eigenvalue weighted by molar-refractivity contribution is 9.50. The van der Waals surface area contributed by atoms with Gasteiger partial charge in [-0.1, -0.05) is 12.1 Å². The molecule has 0 aliphatic heterocycles. The second-order valence-corrected chi connectivity index (χ2v) is 4.52. The lowest BCUT2D eigenvalue weighted by Gasteiger charge is -2.08. The Morgan fingerprint density at radius 3 is 2.47 bits per heavy atom. The third-order valence-corrected chi connectivity index (χ3v) is 3.37. The molecule has 0 heterocycles. The monoisotopic (exact) mass is 289 g/mol. The lowest BCUT2D eigenvalue weighted by atomic mass is 10.1. The third-order valence-electron chi connectivity index (χ3n) is 1.80. The van der Waals surface area contributed by atoms with Crippen LogP contribution in [0.3, 0.4) is 0 Å². The largest absolute Gasteiger partial charge is 0.386 e. The van der Waals surface area contributed by atoms with Gasteiger partial charge in [0.15, 0.2) is 5.96 Å². The summed E-state index contributed by atoms with van der Waals surface area (Å²) in [6, 6.07) is 7.51. The maximum Gasteiger partial charge on any atom is 0.186 e. The van der Waals surface area contributed by atoms with E-state index in [1.54, 1.807) is 0 Å². The number of aliphatic imine (C=N–C) groups is 1. The zero-order valence-electron chi connectivity index (χ0n) is 7.93. The van der Waals surface area contributed by atoms with Gasteiger partial charge in [-0.15, -0.1) is 0 Å². The second kappa shape index (κ2) is 5.99. The third kappa shape index (κ3) is 4.11. The Hall–Kier alpha value is -0.720. The molecule has 0 spiro atoms. The van der Waals surface area contributed by atoms with E-state index in [1.165, 1.54) is 10.2 Å². The fourth-order valence-electron chi connectivity index (χ4n) is 1.04. The van der Waals surface area contributed by atoms with Crippen LogP contribution in [0.25, 0.3) is 0 Å². The van der Waals surface area contributed by atoms with Gasteiger partial charge in [0.2, 0.25) is 0 Å². The van der Waals surface area contributed by atoms with Gasteiger partial charge in [0.05, 0.1) is 12.6 Å². The quantitative estimate of drug-likeness (QED) is 0.578. The van der Waals surface area contributed by atoms with E-state index in [0.717, 1.165) is 10.5 Å². The van der Waals surface area contributed by atoms with E-state index >= 15 is 0 Å². The van der Waals surface area contributed by atoms with Crippen molar-refractivity contribution in [1.82, 2.24) is 0 Å². The highest BCUT2D eigenvalue weighted by Gasteiger charge is 2.06. The van der Waals surface area contributed by atoms with Crippen molar-refractivity contribution in [1.29, 1.82) is 0 Å². The molecule has 6 heteroatoms. The highest BCUT2D eigenvalue weighted by atomic mass is 79.9. The number of aliphatic hydroxyl groups is 1. The second-order valence-electron chi connectivity index (χ2n) is 2.93. The number of halogens is 1. The van der Waals surface area contributed by atoms with Crippen LogP contribution in [0.1, 0.15) is 11.7 Å². The fraction of sp³-hybridized carbons (Fsp3) is 0.222. The van der Waals surface area contributed by atoms with E-state index in [4.69, 9.17) is 11.5 Å². The van der Waals surface area contributed by atoms with Crippen LogP contribution in [-0.4, -0.2) is 17.6 Å². The van der Waals surface area contributed by atoms with Gasteiger partial charge >= 0.3 is 0 Å². The average molecular weight is 290 g/mol. The van der Waals surface area contributed by atoms with Crippen LogP contribution < -0.4 is 11.5 Å². The molecule has 0 saturated heterocycles. The Morgan fingerprint density at radius 1 is 1.40 bits per heavy atom. The smallest absolute Gasteiger partial charge is 0.186 e. The van der Waals surface area contributed by atoms with Crippen molar-refractivity contribution in [3.63, 3.8) is 0 Å². The van der Waals surface area contributed by atoms with Crippen LogP contribution in [0.2, 0.25) is 0 Å². The van der Waals surface area contributed by atoms with Gasteiger partial charge in [-0.2, -0.15) is 0 Å². The maximum atomic E-state index is 9.70. The predicted molar refractivity (Wildman–Crippen MR) is 66.9 cm³/mol. The lowest BCUT2D eigenvalue weighted by molar-refractivity contribution is 0.187. The van der Waals surface area contributed by atoms with Crippen LogP contribution in [0.15, 0.2) is 34.2 Å². The minimum Gasteiger partial charge on any atom is -0.386 e. The van der Waals surface area contributed by atoms with Crippen LogP contribution >= 0.6 is 25.0 Å². The first-order chi connectivity index (χ1) is 7.13. The highest BCUT2D eigenvalue weighted by Crippen LogP contribution is 2.25. The van der Waals surface area contributed by atoms with E-state index in [0.29, 0.717) is 0 Å². The molecule has 0 bridgehead atoms. The molecule has 4 nitrogen and oxygen atoms in total. The summed E-state index contributed by atoms with van der Waals surface area (Å²) in [5, 5.41) is 9.70. The van der Waals surface area contributed by atoms with E-state index < -0.39 is 6.10 Å². The summed E-state index contributed by atoms with van der Waals surface area (Å²) in [5.41, 5.74) is 11.1. The Morgan fingerprint density at radius 2 is 2.00 bits per heavy atom. The van der Waals surface area contributed by atoms with Gasteiger partial charge in [-0.3, -0.25) is 4.99 Å². The summed E-state index contributed by atoms with van der Waals surface area (Å²) in [7, 11) is 1.47. The molecule has 0 saturated carbocycles. The first-order valence-electron chi connectivity index (χ1n) is 4.25. The predicted octanol–water partition coefficient (Wildman–Crippen LogP) is 1.40. The molecule has 5 N–H and O–H groups in total. The summed E-state index contributed by atoms with van der Waals surface area (Å²) in [6.07, 6.45) is -0.665. The Kier molecular flexibility index (Phi) is 4.93. The number of benzene rings is 1. The molecule has 0 radical (unpaired) electrons. The van der Waals surface area contributed by atoms with E-state index in [1.807, 2.05) is 24.3 Å². The van der Waals surface area contributed by atoms with Crippen molar-refractivity contribution in [3.05, 3.63) is 29.8 Å². The van der Waals surface area contributed by atoms with Gasteiger partial charge in [0.1, 0.15) is 0 Å². The molecule has 0 amide bonds. The number of aliphatic hydroxyl groups excluding tert-OH is 1. The van der Waals surface area contributed by atoms with Crippen molar-refractivity contribution in [2.24, 2.45) is 16.5 Å². The minimum absolute atomic E-state index is 0.0123. The van der Waals surface area contributed by atoms with Gasteiger partial charge in [0.25, 0.3) is 0 Å². The van der Waals surface area contributed by atoms with Gasteiger partial charge in [-0.25, -0.2) is 0 Å². The van der Waals surface area contributed by atoms with Crippen LogP contribution in [0.5, 0.6) is 0 Å². The molecule has 82 valence electrons. The van der Waals surface area contributed by atoms with Crippen molar-refractivity contribution in [2.75, 3.05) is 6.54 Å². The maximum absolute atomic E-state index is 9.70. The van der Waals surface area contributed by atoms with E-state index in [2.05, 4.69) is 19.8 Å². The zero-order chi connectivity index (χ0) is 11.3. The topological polar surface area (TPSA) is 84.6 Å². The Balaban J connectivity index is 2.65. The van der Waals surface area contributed by atoms with Gasteiger partial charge in [0, 0.05) is 4.90 Å². The molecule has 0 fully saturated rings. The number of hydrogen-bond acceptors (Lipinski definition) is 3.